The van der Waals surface area contributed by atoms with E-state index in [2.05, 4.69) is 21.2 Å². The number of nitrogens with one attached hydrogen (secondary N) is 1. The van der Waals surface area contributed by atoms with Crippen LogP contribution < -0.4 is 9.62 Å². The Balaban J connectivity index is 1.83. The second kappa shape index (κ2) is 14.4. The minimum Gasteiger partial charge on any atom is -0.350 e. The molecule has 0 fully saturated rings. The average Bonchev–Trinajstić information content (AvgIpc) is 2.98. The van der Waals surface area contributed by atoms with Gasteiger partial charge in [-0.05, 0) is 75.2 Å². The number of nitrogens with zero attached hydrogens (tertiary/aromatic N) is 2. The van der Waals surface area contributed by atoms with Gasteiger partial charge in [-0.3, -0.25) is 13.9 Å². The molecule has 10 heteroatoms. The lowest BCUT2D eigenvalue weighted by molar-refractivity contribution is -0.140. The van der Waals surface area contributed by atoms with Crippen molar-refractivity contribution in [1.82, 2.24) is 10.2 Å². The molecule has 0 aromatic heterocycles. The molecule has 1 N–H and O–H groups in total. The fourth-order valence-electron chi connectivity index (χ4n) is 4.84. The van der Waals surface area contributed by atoms with E-state index in [1.54, 1.807) is 12.1 Å². The molecule has 4 aromatic carbocycles. The van der Waals surface area contributed by atoms with Crippen LogP contribution in [0.5, 0.6) is 0 Å². The number of para-hydroxylation sites is 1. The number of halogens is 2. The first-order valence-electron chi connectivity index (χ1n) is 14.5. The lowest BCUT2D eigenvalue weighted by Crippen LogP contribution is -2.56. The number of carbonyl (C=O) groups is 2. The molecular weight excluding hydrogens is 657 g/mol. The molecule has 4 aromatic rings. The Morgan fingerprint density at radius 1 is 0.867 bits per heavy atom. The SMILES string of the molecule is Cc1ccc(S(=O)(=O)N(CC(=O)N(Cc2cccc(Br)c2)[C@H](Cc2ccccc2)C(=O)NC(C)(C)C)c2ccccc2F)cc1. The summed E-state index contributed by atoms with van der Waals surface area (Å²) in [6, 6.07) is 27.2. The Kier molecular flexibility index (Phi) is 10.8. The van der Waals surface area contributed by atoms with Crippen molar-refractivity contribution in [2.45, 2.75) is 57.1 Å². The van der Waals surface area contributed by atoms with Gasteiger partial charge in [0.2, 0.25) is 11.8 Å². The Bertz CT molecular complexity index is 1740. The van der Waals surface area contributed by atoms with Crippen LogP contribution in [0.2, 0.25) is 0 Å². The molecule has 0 spiro atoms. The van der Waals surface area contributed by atoms with Gasteiger partial charge in [-0.2, -0.15) is 0 Å². The summed E-state index contributed by atoms with van der Waals surface area (Å²) in [6.45, 7) is 6.63. The molecule has 0 aliphatic rings. The Hall–Kier alpha value is -4.02. The second-order valence-corrected chi connectivity index (χ2v) is 14.7. The molecular formula is C35H37BrFN3O4S. The van der Waals surface area contributed by atoms with E-state index >= 15 is 4.39 Å². The molecule has 45 heavy (non-hydrogen) atoms. The van der Waals surface area contributed by atoms with Crippen molar-refractivity contribution in [1.29, 1.82) is 0 Å². The third-order valence-electron chi connectivity index (χ3n) is 7.02. The van der Waals surface area contributed by atoms with Crippen LogP contribution in [0, 0.1) is 12.7 Å². The number of hydrogen-bond donors (Lipinski definition) is 1. The molecule has 0 heterocycles. The highest BCUT2D eigenvalue weighted by Gasteiger charge is 2.36. The number of aryl methyl sites for hydroxylation is 1. The van der Waals surface area contributed by atoms with Crippen LogP contribution in [0.15, 0.2) is 112 Å². The average molecular weight is 695 g/mol. The van der Waals surface area contributed by atoms with E-state index in [1.165, 1.54) is 35.2 Å². The van der Waals surface area contributed by atoms with Crippen molar-refractivity contribution < 1.29 is 22.4 Å². The van der Waals surface area contributed by atoms with E-state index in [0.717, 1.165) is 31.5 Å². The number of anilines is 1. The minimum atomic E-state index is -4.40. The molecule has 0 saturated carbocycles. The molecule has 0 radical (unpaired) electrons. The van der Waals surface area contributed by atoms with Gasteiger partial charge < -0.3 is 10.2 Å². The zero-order chi connectivity index (χ0) is 32.8. The maximum absolute atomic E-state index is 15.3. The van der Waals surface area contributed by atoms with Gasteiger partial charge in [0.05, 0.1) is 10.6 Å². The van der Waals surface area contributed by atoms with Crippen LogP contribution in [0.3, 0.4) is 0 Å². The van der Waals surface area contributed by atoms with E-state index in [9.17, 15) is 18.0 Å². The molecule has 2 amide bonds. The number of carbonyl (C=O) groups excluding carboxylic acids is 2. The lowest BCUT2D eigenvalue weighted by atomic mass is 10.0. The topological polar surface area (TPSA) is 86.8 Å². The summed E-state index contributed by atoms with van der Waals surface area (Å²) < 4.78 is 44.9. The standard InChI is InChI=1S/C35H37BrFN3O4S/c1-25-17-19-29(20-18-25)45(43,44)40(31-16-9-8-15-30(31)37)24-33(41)39(23-27-13-10-14-28(36)21-27)32(34(42)38-35(2,3)4)22-26-11-6-5-7-12-26/h5-21,32H,22-24H2,1-4H3,(H,38,42)/t32-/m1/s1. The van der Waals surface area contributed by atoms with Crippen LogP contribution in [0.25, 0.3) is 0 Å². The summed E-state index contributed by atoms with van der Waals surface area (Å²) in [5, 5.41) is 2.99. The number of rotatable bonds is 11. The highest BCUT2D eigenvalue weighted by molar-refractivity contribution is 9.10. The van der Waals surface area contributed by atoms with Crippen LogP contribution in [-0.4, -0.2) is 43.3 Å². The first kappa shape index (κ1) is 33.9. The van der Waals surface area contributed by atoms with E-state index < -0.39 is 45.8 Å². The minimum absolute atomic E-state index is 0.00300. The highest BCUT2D eigenvalue weighted by atomic mass is 79.9. The Labute approximate surface area is 273 Å². The number of amides is 2. The van der Waals surface area contributed by atoms with Gasteiger partial charge in [-0.15, -0.1) is 0 Å². The fraction of sp³-hybridized carbons (Fsp3) is 0.257. The zero-order valence-corrected chi connectivity index (χ0v) is 28.1. The van der Waals surface area contributed by atoms with Gasteiger partial charge in [0.25, 0.3) is 10.0 Å². The largest absolute Gasteiger partial charge is 0.350 e. The predicted octanol–water partition coefficient (Wildman–Crippen LogP) is 6.65. The molecule has 0 unspecified atom stereocenters. The van der Waals surface area contributed by atoms with Crippen molar-refractivity contribution in [2.75, 3.05) is 10.8 Å². The summed E-state index contributed by atoms with van der Waals surface area (Å²) in [5.41, 5.74) is 1.50. The molecule has 7 nitrogen and oxygen atoms in total. The van der Waals surface area contributed by atoms with Crippen molar-refractivity contribution in [2.24, 2.45) is 0 Å². The third-order valence-corrected chi connectivity index (χ3v) is 9.29. The second-order valence-electron chi connectivity index (χ2n) is 11.9. The summed E-state index contributed by atoms with van der Waals surface area (Å²) >= 11 is 3.47. The first-order valence-corrected chi connectivity index (χ1v) is 16.7. The Morgan fingerprint density at radius 2 is 1.49 bits per heavy atom. The lowest BCUT2D eigenvalue weighted by Gasteiger charge is -2.35. The zero-order valence-electron chi connectivity index (χ0n) is 25.7. The van der Waals surface area contributed by atoms with E-state index in [4.69, 9.17) is 0 Å². The number of benzene rings is 4. The van der Waals surface area contributed by atoms with Gasteiger partial charge in [0, 0.05) is 23.0 Å². The molecule has 4 rings (SSSR count). The molecule has 0 bridgehead atoms. The molecule has 0 saturated heterocycles. The number of sulfonamides is 1. The highest BCUT2D eigenvalue weighted by Crippen LogP contribution is 2.28. The van der Waals surface area contributed by atoms with Crippen molar-refractivity contribution in [3.05, 3.63) is 130 Å². The molecule has 0 aliphatic heterocycles. The van der Waals surface area contributed by atoms with Crippen LogP contribution in [-0.2, 0) is 32.6 Å². The maximum atomic E-state index is 15.3. The van der Waals surface area contributed by atoms with Gasteiger partial charge in [-0.1, -0.05) is 88.2 Å². The molecule has 1 atom stereocenters. The van der Waals surface area contributed by atoms with Gasteiger partial charge >= 0.3 is 0 Å². The van der Waals surface area contributed by atoms with Crippen molar-refractivity contribution >= 4 is 43.5 Å². The van der Waals surface area contributed by atoms with Crippen LogP contribution in [0.1, 0.15) is 37.5 Å². The van der Waals surface area contributed by atoms with Crippen molar-refractivity contribution in [3.63, 3.8) is 0 Å². The maximum Gasteiger partial charge on any atom is 0.264 e. The van der Waals surface area contributed by atoms with Gasteiger partial charge in [-0.25, -0.2) is 12.8 Å². The first-order chi connectivity index (χ1) is 21.2. The van der Waals surface area contributed by atoms with E-state index in [1.807, 2.05) is 82.3 Å². The summed E-state index contributed by atoms with van der Waals surface area (Å²) in [7, 11) is -4.40. The van der Waals surface area contributed by atoms with E-state index in [-0.39, 0.29) is 23.5 Å². The predicted molar refractivity (Wildman–Crippen MR) is 179 cm³/mol. The van der Waals surface area contributed by atoms with Crippen molar-refractivity contribution in [3.8, 4) is 0 Å². The van der Waals surface area contributed by atoms with Gasteiger partial charge in [0.1, 0.15) is 18.4 Å². The quantitative estimate of drug-likeness (QED) is 0.191. The van der Waals surface area contributed by atoms with Crippen LogP contribution >= 0.6 is 15.9 Å². The summed E-state index contributed by atoms with van der Waals surface area (Å²) in [6.07, 6.45) is 0.174. The fourth-order valence-corrected chi connectivity index (χ4v) is 6.71. The van der Waals surface area contributed by atoms with Crippen LogP contribution in [0.4, 0.5) is 10.1 Å². The molecule has 236 valence electrons. The Morgan fingerprint density at radius 3 is 2.11 bits per heavy atom. The van der Waals surface area contributed by atoms with E-state index in [0.29, 0.717) is 0 Å². The summed E-state index contributed by atoms with van der Waals surface area (Å²) in [5.74, 6) is -1.86. The third kappa shape index (κ3) is 9.02. The van der Waals surface area contributed by atoms with Gasteiger partial charge in [0.15, 0.2) is 0 Å². The normalized spacial score (nSPS) is 12.3. The summed E-state index contributed by atoms with van der Waals surface area (Å²) in [4.78, 5) is 29.7. The monoisotopic (exact) mass is 693 g/mol. The number of hydrogen-bond acceptors (Lipinski definition) is 4. The molecule has 0 aliphatic carbocycles. The smallest absolute Gasteiger partial charge is 0.264 e.